The van der Waals surface area contributed by atoms with Crippen molar-refractivity contribution in [2.75, 3.05) is 39.8 Å². The molecule has 158 valence electrons. The minimum absolute atomic E-state index is 0. The summed E-state index contributed by atoms with van der Waals surface area (Å²) in [6.45, 7) is 6.23. The SMILES string of the molecule is CN=C(NCCCN1CCCC(C(N)=O)C1)NCCc1ccc(F)cc1C.I. The highest BCUT2D eigenvalue weighted by atomic mass is 127. The largest absolute Gasteiger partial charge is 0.369 e. The molecule has 0 radical (unpaired) electrons. The Balaban J connectivity index is 0.00000392. The average molecular weight is 505 g/mol. The van der Waals surface area contributed by atoms with Crippen LogP contribution in [0.2, 0.25) is 0 Å². The maximum Gasteiger partial charge on any atom is 0.221 e. The van der Waals surface area contributed by atoms with E-state index < -0.39 is 0 Å². The van der Waals surface area contributed by atoms with Gasteiger partial charge in [0.05, 0.1) is 5.92 Å². The fourth-order valence-electron chi connectivity index (χ4n) is 3.48. The molecule has 1 aromatic rings. The zero-order valence-electron chi connectivity index (χ0n) is 16.8. The Morgan fingerprint density at radius 1 is 1.36 bits per heavy atom. The van der Waals surface area contributed by atoms with Gasteiger partial charge in [-0.05, 0) is 69.0 Å². The topological polar surface area (TPSA) is 82.8 Å². The molecular weight excluding hydrogens is 472 g/mol. The standard InChI is InChI=1S/C20H32FN5O.HI/c1-15-13-18(21)7-6-16(15)8-10-25-20(23-2)24-9-4-12-26-11-3-5-17(14-26)19(22)27;/h6-7,13,17H,3-5,8-12,14H2,1-2H3,(H2,22,27)(H2,23,24,25);1H. The van der Waals surface area contributed by atoms with Crippen LogP contribution in [0.25, 0.3) is 0 Å². The Morgan fingerprint density at radius 2 is 2.11 bits per heavy atom. The summed E-state index contributed by atoms with van der Waals surface area (Å²) in [6.07, 6.45) is 3.74. The molecule has 1 fully saturated rings. The summed E-state index contributed by atoms with van der Waals surface area (Å²) < 4.78 is 13.1. The first kappa shape index (κ1) is 24.6. The second kappa shape index (κ2) is 12.9. The van der Waals surface area contributed by atoms with Gasteiger partial charge < -0.3 is 21.3 Å². The average Bonchev–Trinajstić information content (AvgIpc) is 2.65. The molecule has 1 unspecified atom stereocenters. The van der Waals surface area contributed by atoms with Crippen molar-refractivity contribution in [3.05, 3.63) is 35.1 Å². The van der Waals surface area contributed by atoms with Crippen molar-refractivity contribution >= 4 is 35.8 Å². The van der Waals surface area contributed by atoms with Crippen LogP contribution in [-0.2, 0) is 11.2 Å². The number of nitrogens with zero attached hydrogens (tertiary/aromatic N) is 2. The highest BCUT2D eigenvalue weighted by Gasteiger charge is 2.23. The molecule has 6 nitrogen and oxygen atoms in total. The second-order valence-corrected chi connectivity index (χ2v) is 7.14. The minimum Gasteiger partial charge on any atom is -0.369 e. The molecule has 1 aliphatic rings. The predicted octanol–water partition coefficient (Wildman–Crippen LogP) is 2.05. The maximum absolute atomic E-state index is 13.1. The van der Waals surface area contributed by atoms with Gasteiger partial charge in [-0.3, -0.25) is 9.79 Å². The van der Waals surface area contributed by atoms with Crippen molar-refractivity contribution in [3.63, 3.8) is 0 Å². The van der Waals surface area contributed by atoms with Crippen LogP contribution in [0.5, 0.6) is 0 Å². The Morgan fingerprint density at radius 3 is 2.79 bits per heavy atom. The molecule has 0 saturated carbocycles. The Kier molecular flexibility index (Phi) is 11.4. The number of likely N-dealkylation sites (tertiary alicyclic amines) is 1. The number of primary amides is 1. The number of amides is 1. The lowest BCUT2D eigenvalue weighted by molar-refractivity contribution is -0.123. The van der Waals surface area contributed by atoms with Crippen molar-refractivity contribution in [3.8, 4) is 0 Å². The summed E-state index contributed by atoms with van der Waals surface area (Å²) in [6, 6.07) is 4.89. The van der Waals surface area contributed by atoms with Crippen molar-refractivity contribution in [2.45, 2.75) is 32.6 Å². The first-order chi connectivity index (χ1) is 13.0. The van der Waals surface area contributed by atoms with Crippen LogP contribution in [0.15, 0.2) is 23.2 Å². The van der Waals surface area contributed by atoms with E-state index in [0.717, 1.165) is 75.5 Å². The molecule has 1 saturated heterocycles. The van der Waals surface area contributed by atoms with Gasteiger partial charge in [0, 0.05) is 26.7 Å². The normalized spacial score (nSPS) is 17.7. The highest BCUT2D eigenvalue weighted by molar-refractivity contribution is 14.0. The summed E-state index contributed by atoms with van der Waals surface area (Å²) in [4.78, 5) is 17.9. The number of nitrogens with two attached hydrogens (primary N) is 1. The number of carbonyl (C=O) groups is 1. The fourth-order valence-corrected chi connectivity index (χ4v) is 3.48. The Bertz CT molecular complexity index is 655. The number of aryl methyl sites for hydroxylation is 1. The summed E-state index contributed by atoms with van der Waals surface area (Å²) in [5, 5.41) is 6.60. The smallest absolute Gasteiger partial charge is 0.221 e. The Hall–Kier alpha value is -1.42. The van der Waals surface area contributed by atoms with Gasteiger partial charge in [0.1, 0.15) is 5.82 Å². The monoisotopic (exact) mass is 505 g/mol. The summed E-state index contributed by atoms with van der Waals surface area (Å²) in [7, 11) is 1.75. The summed E-state index contributed by atoms with van der Waals surface area (Å²) in [5.41, 5.74) is 7.53. The van der Waals surface area contributed by atoms with Gasteiger partial charge in [-0.1, -0.05) is 6.07 Å². The van der Waals surface area contributed by atoms with E-state index in [1.54, 1.807) is 13.1 Å². The van der Waals surface area contributed by atoms with Crippen LogP contribution in [0.4, 0.5) is 4.39 Å². The number of nitrogens with one attached hydrogen (secondary N) is 2. The molecule has 1 amide bonds. The van der Waals surface area contributed by atoms with Crippen LogP contribution in [0.1, 0.15) is 30.4 Å². The number of aliphatic imine (C=N–C) groups is 1. The fraction of sp³-hybridized carbons (Fsp3) is 0.600. The molecule has 1 heterocycles. The van der Waals surface area contributed by atoms with Crippen LogP contribution in [0, 0.1) is 18.7 Å². The number of guanidine groups is 1. The second-order valence-electron chi connectivity index (χ2n) is 7.14. The number of hydrogen-bond acceptors (Lipinski definition) is 3. The third-order valence-corrected chi connectivity index (χ3v) is 5.07. The van der Waals surface area contributed by atoms with Crippen molar-refractivity contribution < 1.29 is 9.18 Å². The summed E-state index contributed by atoms with van der Waals surface area (Å²) in [5.74, 6) is 0.385. The lowest BCUT2D eigenvalue weighted by Crippen LogP contribution is -2.43. The zero-order valence-corrected chi connectivity index (χ0v) is 19.2. The van der Waals surface area contributed by atoms with Gasteiger partial charge in [0.25, 0.3) is 0 Å². The van der Waals surface area contributed by atoms with Gasteiger partial charge >= 0.3 is 0 Å². The van der Waals surface area contributed by atoms with E-state index in [1.807, 2.05) is 13.0 Å². The maximum atomic E-state index is 13.1. The number of rotatable bonds is 8. The van der Waals surface area contributed by atoms with Gasteiger partial charge in [0.2, 0.25) is 5.91 Å². The molecule has 1 aliphatic heterocycles. The lowest BCUT2D eigenvalue weighted by atomic mass is 9.97. The van der Waals surface area contributed by atoms with Crippen molar-refractivity contribution in [1.29, 1.82) is 0 Å². The molecule has 0 spiro atoms. The molecule has 8 heteroatoms. The molecule has 1 aromatic carbocycles. The van der Waals surface area contributed by atoms with Crippen LogP contribution in [-0.4, -0.2) is 56.5 Å². The number of halogens is 2. The summed E-state index contributed by atoms with van der Waals surface area (Å²) >= 11 is 0. The predicted molar refractivity (Wildman–Crippen MR) is 123 cm³/mol. The van der Waals surface area contributed by atoms with E-state index in [4.69, 9.17) is 5.73 Å². The Labute approximate surface area is 184 Å². The van der Waals surface area contributed by atoms with Gasteiger partial charge in [-0.2, -0.15) is 0 Å². The number of carbonyl (C=O) groups excluding carboxylic acids is 1. The van der Waals surface area contributed by atoms with E-state index in [0.29, 0.717) is 0 Å². The molecule has 2 rings (SSSR count). The molecule has 0 aliphatic carbocycles. The number of hydrogen-bond donors (Lipinski definition) is 3. The first-order valence-electron chi connectivity index (χ1n) is 9.71. The highest BCUT2D eigenvalue weighted by Crippen LogP contribution is 2.15. The van der Waals surface area contributed by atoms with E-state index >= 15 is 0 Å². The molecule has 0 aromatic heterocycles. The van der Waals surface area contributed by atoms with E-state index in [9.17, 15) is 9.18 Å². The van der Waals surface area contributed by atoms with Crippen molar-refractivity contribution in [1.82, 2.24) is 15.5 Å². The van der Waals surface area contributed by atoms with Crippen molar-refractivity contribution in [2.24, 2.45) is 16.6 Å². The molecular formula is C20H33FIN5O. The van der Waals surface area contributed by atoms with Crippen LogP contribution >= 0.6 is 24.0 Å². The van der Waals surface area contributed by atoms with Gasteiger partial charge in [0.15, 0.2) is 5.96 Å². The molecule has 4 N–H and O–H groups in total. The van der Waals surface area contributed by atoms with Gasteiger partial charge in [-0.15, -0.1) is 24.0 Å². The quantitative estimate of drug-likeness (QED) is 0.219. The lowest BCUT2D eigenvalue weighted by Gasteiger charge is -2.31. The van der Waals surface area contributed by atoms with Crippen LogP contribution in [0.3, 0.4) is 0 Å². The minimum atomic E-state index is -0.197. The van der Waals surface area contributed by atoms with E-state index in [2.05, 4.69) is 20.5 Å². The zero-order chi connectivity index (χ0) is 19.6. The third-order valence-electron chi connectivity index (χ3n) is 5.07. The number of piperidine rings is 1. The molecule has 1 atom stereocenters. The molecule has 0 bridgehead atoms. The van der Waals surface area contributed by atoms with Crippen LogP contribution < -0.4 is 16.4 Å². The molecule has 28 heavy (non-hydrogen) atoms. The third kappa shape index (κ3) is 8.30. The van der Waals surface area contributed by atoms with E-state index in [1.165, 1.54) is 6.07 Å². The first-order valence-corrected chi connectivity index (χ1v) is 9.71. The van der Waals surface area contributed by atoms with E-state index in [-0.39, 0.29) is 41.6 Å². The van der Waals surface area contributed by atoms with Gasteiger partial charge in [-0.25, -0.2) is 4.39 Å². The number of benzene rings is 1.